The summed E-state index contributed by atoms with van der Waals surface area (Å²) in [7, 11) is 6.00. The first-order valence-electron chi connectivity index (χ1n) is 46.1. The molecule has 105 heavy (non-hydrogen) atoms. The van der Waals surface area contributed by atoms with Crippen molar-refractivity contribution in [1.29, 1.82) is 0 Å². The second-order valence-corrected chi connectivity index (χ2v) is 32.6. The van der Waals surface area contributed by atoms with Crippen LogP contribution in [0.5, 0.6) is 0 Å². The van der Waals surface area contributed by atoms with Crippen LogP contribution in [0.25, 0.3) is 0 Å². The summed E-state index contributed by atoms with van der Waals surface area (Å²) in [6.07, 6.45) is 115. The molecular formula is C96H178NO8+. The molecule has 0 rings (SSSR count). The fourth-order valence-electron chi connectivity index (χ4n) is 13.9. The number of rotatable bonds is 87. The van der Waals surface area contributed by atoms with Crippen LogP contribution in [0.15, 0.2) is 72.9 Å². The van der Waals surface area contributed by atoms with E-state index in [1.54, 1.807) is 0 Å². The zero-order valence-electron chi connectivity index (χ0n) is 70.7. The Hall–Kier alpha value is -3.27. The topological polar surface area (TPSA) is 108 Å². The molecule has 0 aliphatic heterocycles. The summed E-state index contributed by atoms with van der Waals surface area (Å²) in [6, 6.07) is 0. The smallest absolute Gasteiger partial charge is 0.361 e. The largest absolute Gasteiger partial charge is 0.477 e. The Morgan fingerprint density at radius 2 is 0.514 bits per heavy atom. The van der Waals surface area contributed by atoms with Crippen molar-refractivity contribution in [3.05, 3.63) is 72.9 Å². The van der Waals surface area contributed by atoms with Crippen LogP contribution >= 0.6 is 0 Å². The molecule has 0 fully saturated rings. The molecule has 2 atom stereocenters. The average Bonchev–Trinajstić information content (AvgIpc) is 1.18. The van der Waals surface area contributed by atoms with Crippen LogP contribution in [0.3, 0.4) is 0 Å². The summed E-state index contributed by atoms with van der Waals surface area (Å²) in [6.45, 7) is 4.93. The van der Waals surface area contributed by atoms with E-state index < -0.39 is 18.4 Å². The van der Waals surface area contributed by atoms with E-state index in [1.165, 1.54) is 372 Å². The number of carboxylic acids is 1. The average molecular weight is 1470 g/mol. The van der Waals surface area contributed by atoms with E-state index in [4.69, 9.17) is 18.9 Å². The maximum atomic E-state index is 13.0. The van der Waals surface area contributed by atoms with Crippen LogP contribution in [-0.4, -0.2) is 87.4 Å². The number of ether oxygens (including phenoxy) is 4. The molecule has 0 bridgehead atoms. The second-order valence-electron chi connectivity index (χ2n) is 32.6. The third-order valence-corrected chi connectivity index (χ3v) is 20.9. The molecule has 0 aromatic carbocycles. The van der Waals surface area contributed by atoms with Gasteiger partial charge in [-0.2, -0.15) is 0 Å². The third kappa shape index (κ3) is 87.8. The number of nitrogens with zero attached hydrogens (tertiary/aromatic N) is 1. The Balaban J connectivity index is 3.89. The van der Waals surface area contributed by atoms with E-state index in [-0.39, 0.29) is 38.2 Å². The number of hydrogen-bond donors (Lipinski definition) is 1. The summed E-state index contributed by atoms with van der Waals surface area (Å²) in [5.74, 6) is -1.97. The van der Waals surface area contributed by atoms with Crippen LogP contribution in [0.2, 0.25) is 0 Å². The summed E-state index contributed by atoms with van der Waals surface area (Å²) < 4.78 is 23.1. The van der Waals surface area contributed by atoms with Gasteiger partial charge >= 0.3 is 17.9 Å². The number of unbranched alkanes of at least 4 members (excludes halogenated alkanes) is 60. The Kier molecular flexibility index (Phi) is 83.6. The summed E-state index contributed by atoms with van der Waals surface area (Å²) in [5.41, 5.74) is 0. The van der Waals surface area contributed by atoms with Gasteiger partial charge in [0.25, 0.3) is 6.29 Å². The number of esters is 2. The first-order valence-corrected chi connectivity index (χ1v) is 46.1. The summed E-state index contributed by atoms with van der Waals surface area (Å²) >= 11 is 0. The molecule has 0 aliphatic rings. The highest BCUT2D eigenvalue weighted by molar-refractivity contribution is 5.71. The number of carbonyl (C=O) groups excluding carboxylic acids is 2. The standard InChI is InChI=1S/C96H177NO8/c1-6-8-10-12-14-16-18-20-22-24-26-28-30-32-34-36-38-40-42-44-46-47-49-51-53-55-57-59-61-63-65-67-69-71-73-75-77-79-81-83-85-87-94(99)105-92(91-104-96(95(100)101)102-89-88-97(3,4)5)90-103-93(98)86-84-82-80-78-76-74-72-70-68-66-64-62-60-58-56-54-52-50-48-45-43-41-39-37-35-33-31-29-27-25-23-21-19-17-15-13-11-9-7-2/h18-21,24-27,30-33,92,96H,6-17,22-23,28-29,34-91H2,1-5H3/p+1/b20-18-,21-19-,26-24-,27-25-,32-30-,33-31-. The summed E-state index contributed by atoms with van der Waals surface area (Å²) in [4.78, 5) is 37.8. The van der Waals surface area contributed by atoms with Crippen LogP contribution in [0.1, 0.15) is 463 Å². The van der Waals surface area contributed by atoms with Gasteiger partial charge in [0, 0.05) is 12.8 Å². The zero-order valence-corrected chi connectivity index (χ0v) is 70.7. The predicted molar refractivity (Wildman–Crippen MR) is 456 cm³/mol. The van der Waals surface area contributed by atoms with Gasteiger partial charge in [-0.15, -0.1) is 0 Å². The minimum atomic E-state index is -1.51. The molecule has 0 saturated carbocycles. The molecule has 0 spiro atoms. The fourth-order valence-corrected chi connectivity index (χ4v) is 13.9. The van der Waals surface area contributed by atoms with Gasteiger partial charge in [0.1, 0.15) is 13.2 Å². The molecule has 0 radical (unpaired) electrons. The van der Waals surface area contributed by atoms with Gasteiger partial charge in [0.05, 0.1) is 34.4 Å². The monoisotopic (exact) mass is 1470 g/mol. The first-order chi connectivity index (χ1) is 51.6. The number of quaternary nitrogens is 1. The zero-order chi connectivity index (χ0) is 76.0. The molecule has 0 heterocycles. The molecule has 9 heteroatoms. The van der Waals surface area contributed by atoms with Crippen molar-refractivity contribution < 1.29 is 42.9 Å². The van der Waals surface area contributed by atoms with Gasteiger partial charge in [0.2, 0.25) is 0 Å². The van der Waals surface area contributed by atoms with Crippen LogP contribution in [0, 0.1) is 0 Å². The van der Waals surface area contributed by atoms with Crippen molar-refractivity contribution in [3.8, 4) is 0 Å². The molecule has 614 valence electrons. The lowest BCUT2D eigenvalue weighted by molar-refractivity contribution is -0.870. The van der Waals surface area contributed by atoms with E-state index in [9.17, 15) is 19.5 Å². The number of carboxylic acid groups (broad SMARTS) is 1. The molecule has 0 amide bonds. The van der Waals surface area contributed by atoms with Gasteiger partial charge in [-0.25, -0.2) is 4.79 Å². The van der Waals surface area contributed by atoms with Crippen molar-refractivity contribution in [1.82, 2.24) is 0 Å². The van der Waals surface area contributed by atoms with E-state index in [1.807, 2.05) is 21.1 Å². The van der Waals surface area contributed by atoms with E-state index >= 15 is 0 Å². The van der Waals surface area contributed by atoms with Crippen LogP contribution < -0.4 is 0 Å². The van der Waals surface area contributed by atoms with Crippen molar-refractivity contribution in [2.45, 2.75) is 476 Å². The number of hydrogen-bond acceptors (Lipinski definition) is 7. The Bertz CT molecular complexity index is 1970. The third-order valence-electron chi connectivity index (χ3n) is 20.9. The minimum absolute atomic E-state index is 0.176. The van der Waals surface area contributed by atoms with Crippen molar-refractivity contribution in [3.63, 3.8) is 0 Å². The van der Waals surface area contributed by atoms with E-state index in [0.29, 0.717) is 17.4 Å². The molecule has 0 aromatic heterocycles. The van der Waals surface area contributed by atoms with E-state index in [0.717, 1.165) is 64.2 Å². The number of likely N-dealkylation sites (N-methyl/N-ethyl adjacent to an activating group) is 1. The molecule has 0 aliphatic carbocycles. The quantitative estimate of drug-likeness (QED) is 0.0211. The normalized spacial score (nSPS) is 12.9. The molecular weight excluding hydrogens is 1300 g/mol. The predicted octanol–water partition coefficient (Wildman–Crippen LogP) is 30.3. The lowest BCUT2D eigenvalue weighted by atomic mass is 10.0. The lowest BCUT2D eigenvalue weighted by Crippen LogP contribution is -2.40. The lowest BCUT2D eigenvalue weighted by Gasteiger charge is -2.25. The van der Waals surface area contributed by atoms with Crippen LogP contribution in [0.4, 0.5) is 0 Å². The highest BCUT2D eigenvalue weighted by atomic mass is 16.7. The van der Waals surface area contributed by atoms with Crippen LogP contribution in [-0.2, 0) is 33.3 Å². The molecule has 1 N–H and O–H groups in total. The maximum absolute atomic E-state index is 13.0. The van der Waals surface area contributed by atoms with Gasteiger partial charge in [-0.05, 0) is 89.9 Å². The van der Waals surface area contributed by atoms with E-state index in [2.05, 4.69) is 86.8 Å². The van der Waals surface area contributed by atoms with Gasteiger partial charge in [-0.1, -0.05) is 433 Å². The Morgan fingerprint density at radius 3 is 0.762 bits per heavy atom. The minimum Gasteiger partial charge on any atom is -0.477 e. The summed E-state index contributed by atoms with van der Waals surface area (Å²) in [5, 5.41) is 9.80. The number of carbonyl (C=O) groups is 3. The van der Waals surface area contributed by atoms with Gasteiger partial charge < -0.3 is 28.5 Å². The SMILES string of the molecule is CCCCCCC/C=C\C/C=C\C/C=C\CCCCCCCCCCCCCCCCCCCCCCCCCCCCC(=O)OC(COC(=O)CCCCCCCCCCCCCCCCCCCCCCCCCC/C=C\C/C=C\C/C=C\CCCCCCC)COC(OCC[N+](C)(C)C)C(=O)O. The first kappa shape index (κ1) is 102. The number of aliphatic carboxylic acids is 1. The number of allylic oxidation sites excluding steroid dienone is 12. The van der Waals surface area contributed by atoms with Gasteiger partial charge in [-0.3, -0.25) is 9.59 Å². The second kappa shape index (κ2) is 86.3. The Labute approximate surface area is 653 Å². The highest BCUT2D eigenvalue weighted by Gasteiger charge is 2.25. The van der Waals surface area contributed by atoms with Crippen molar-refractivity contribution in [2.75, 3.05) is 47.5 Å². The van der Waals surface area contributed by atoms with Crippen molar-refractivity contribution in [2.24, 2.45) is 0 Å². The maximum Gasteiger partial charge on any atom is 0.361 e. The fraction of sp³-hybridized carbons (Fsp3) is 0.844. The molecule has 0 saturated heterocycles. The Morgan fingerprint density at radius 1 is 0.286 bits per heavy atom. The van der Waals surface area contributed by atoms with Gasteiger partial charge in [0.15, 0.2) is 6.10 Å². The molecule has 2 unspecified atom stereocenters. The molecule has 9 nitrogen and oxygen atoms in total. The van der Waals surface area contributed by atoms with Crippen molar-refractivity contribution >= 4 is 17.9 Å². The highest BCUT2D eigenvalue weighted by Crippen LogP contribution is 2.21. The molecule has 0 aromatic rings.